The molecule has 0 aromatic heterocycles. The molecule has 0 saturated heterocycles. The Morgan fingerprint density at radius 3 is 1.13 bits per heavy atom. The second-order valence-corrected chi connectivity index (χ2v) is 12.1. The van der Waals surface area contributed by atoms with Crippen molar-refractivity contribution in [1.29, 1.82) is 0 Å². The minimum Gasteiger partial charge on any atom is -0.147 e. The maximum Gasteiger partial charge on any atom is 0 e. The molecule has 0 bridgehead atoms. The first-order chi connectivity index (χ1) is 14.3. The van der Waals surface area contributed by atoms with Gasteiger partial charge in [0.05, 0.1) is 0 Å². The number of halogens is 1. The molecule has 0 amide bonds. The van der Waals surface area contributed by atoms with E-state index < -0.39 is 7.92 Å². The van der Waals surface area contributed by atoms with E-state index in [-0.39, 0.29) is 36.8 Å². The zero-order chi connectivity index (χ0) is 19.9. The second kappa shape index (κ2) is 13.2. The third kappa shape index (κ3) is 6.75. The van der Waals surface area contributed by atoms with Crippen LogP contribution in [0.5, 0.6) is 0 Å². The smallest absolute Gasteiger partial charge is 0 e. The van der Waals surface area contributed by atoms with Crippen LogP contribution in [-0.2, 0) is 16.5 Å². The Morgan fingerprint density at radius 1 is 0.516 bits per heavy atom. The van der Waals surface area contributed by atoms with Crippen LogP contribution in [0.15, 0.2) is 121 Å². The Bertz CT molecular complexity index is 919. The van der Waals surface area contributed by atoms with Crippen LogP contribution in [0.2, 0.25) is 0 Å². The summed E-state index contributed by atoms with van der Waals surface area (Å²) in [7, 11) is -0.796. The van der Waals surface area contributed by atoms with Gasteiger partial charge in [0.1, 0.15) is 0 Å². The van der Waals surface area contributed by atoms with Gasteiger partial charge in [-0.15, -0.1) is 12.4 Å². The molecule has 4 aromatic rings. The molecule has 0 aliphatic rings. The van der Waals surface area contributed by atoms with Crippen LogP contribution in [0.3, 0.4) is 0 Å². The van der Waals surface area contributed by atoms with Crippen LogP contribution in [0, 0.1) is 0 Å². The third-order valence-corrected chi connectivity index (χ3v) is 10.9. The van der Waals surface area contributed by atoms with Crippen LogP contribution in [0.1, 0.15) is 6.92 Å². The average Bonchev–Trinajstić information content (AvgIpc) is 2.80. The first-order valence-electron chi connectivity index (χ1n) is 10.1. The quantitative estimate of drug-likeness (QED) is 0.211. The molecule has 0 aliphatic carbocycles. The third-order valence-electron chi connectivity index (χ3n) is 5.09. The number of hydrogen-bond donors (Lipinski definition) is 0. The molecule has 1 atom stereocenters. The van der Waals surface area contributed by atoms with Crippen molar-refractivity contribution in [2.24, 2.45) is 0 Å². The zero-order valence-corrected chi connectivity index (χ0v) is 21.0. The Morgan fingerprint density at radius 2 is 0.806 bits per heavy atom. The summed E-state index contributed by atoms with van der Waals surface area (Å²) in [6.45, 7) is 2.45. The summed E-state index contributed by atoms with van der Waals surface area (Å²) < 4.78 is 0. The van der Waals surface area contributed by atoms with Crippen LogP contribution in [-0.4, -0.2) is 11.8 Å². The summed E-state index contributed by atoms with van der Waals surface area (Å²) in [4.78, 5) is 0. The Kier molecular flexibility index (Phi) is 10.9. The van der Waals surface area contributed by atoms with Gasteiger partial charge < -0.3 is 0 Å². The molecule has 4 rings (SSSR count). The molecule has 0 radical (unpaired) electrons. The molecular formula is C27H27ClNiP2. The summed E-state index contributed by atoms with van der Waals surface area (Å²) in [6.07, 6.45) is 1.19. The summed E-state index contributed by atoms with van der Waals surface area (Å²) in [5.74, 6) is 0. The fourth-order valence-electron chi connectivity index (χ4n) is 3.76. The molecule has 0 spiro atoms. The van der Waals surface area contributed by atoms with Crippen molar-refractivity contribution in [3.63, 3.8) is 0 Å². The van der Waals surface area contributed by atoms with E-state index in [1.54, 1.807) is 0 Å². The monoisotopic (exact) mass is 506 g/mol. The van der Waals surface area contributed by atoms with Crippen molar-refractivity contribution < 1.29 is 16.5 Å². The largest absolute Gasteiger partial charge is 0.147 e. The molecule has 162 valence electrons. The van der Waals surface area contributed by atoms with Gasteiger partial charge in [-0.05, 0) is 48.9 Å². The molecule has 31 heavy (non-hydrogen) atoms. The normalized spacial score (nSPS) is 11.5. The molecular weight excluding hydrogens is 480 g/mol. The standard InChI is InChI=1S/C27H26P2.ClH.Ni/c1-23(29(26-18-10-4-11-19-26)27-20-12-5-13-21-27)22-28(24-14-6-2-7-15-24)25-16-8-3-9-17-25;;/h2-21,23H,22H2,1H3;1H;. The molecule has 4 aromatic carbocycles. The predicted octanol–water partition coefficient (Wildman–Crippen LogP) is 6.06. The van der Waals surface area contributed by atoms with Crippen LogP contribution < -0.4 is 21.2 Å². The van der Waals surface area contributed by atoms with Crippen molar-refractivity contribution in [2.75, 3.05) is 6.16 Å². The molecule has 0 heterocycles. The molecule has 4 heteroatoms. The van der Waals surface area contributed by atoms with Crippen molar-refractivity contribution in [3.05, 3.63) is 121 Å². The number of hydrogen-bond acceptors (Lipinski definition) is 0. The Hall–Kier alpha value is -1.48. The van der Waals surface area contributed by atoms with Gasteiger partial charge >= 0.3 is 0 Å². The van der Waals surface area contributed by atoms with E-state index in [4.69, 9.17) is 0 Å². The van der Waals surface area contributed by atoms with Crippen molar-refractivity contribution >= 4 is 49.5 Å². The van der Waals surface area contributed by atoms with E-state index >= 15 is 0 Å². The molecule has 0 nitrogen and oxygen atoms in total. The summed E-state index contributed by atoms with van der Waals surface area (Å²) in [5, 5.41) is 5.88. The molecule has 1 unspecified atom stereocenters. The van der Waals surface area contributed by atoms with E-state index in [0.29, 0.717) is 5.66 Å². The van der Waals surface area contributed by atoms with Crippen LogP contribution in [0.25, 0.3) is 0 Å². The van der Waals surface area contributed by atoms with Gasteiger partial charge in [0.15, 0.2) is 0 Å². The zero-order valence-electron chi connectivity index (χ0n) is 17.5. The number of benzene rings is 4. The SMILES string of the molecule is CC(CP(c1ccccc1)c1ccccc1)P(c1ccccc1)c1ccccc1.Cl.[Ni]. The summed E-state index contributed by atoms with van der Waals surface area (Å²) >= 11 is 0. The van der Waals surface area contributed by atoms with Crippen molar-refractivity contribution in [3.8, 4) is 0 Å². The maximum absolute atomic E-state index is 2.45. The summed E-state index contributed by atoms with van der Waals surface area (Å²) in [6, 6.07) is 44.3. The average molecular weight is 508 g/mol. The van der Waals surface area contributed by atoms with E-state index in [2.05, 4.69) is 128 Å². The van der Waals surface area contributed by atoms with Gasteiger partial charge in [-0.25, -0.2) is 0 Å². The Labute approximate surface area is 205 Å². The molecule has 0 aliphatic heterocycles. The van der Waals surface area contributed by atoms with Crippen LogP contribution in [0.4, 0.5) is 0 Å². The minimum absolute atomic E-state index is 0. The molecule has 0 fully saturated rings. The van der Waals surface area contributed by atoms with E-state index in [0.717, 1.165) is 0 Å². The maximum atomic E-state index is 2.45. The van der Waals surface area contributed by atoms with Gasteiger partial charge in [-0.1, -0.05) is 128 Å². The van der Waals surface area contributed by atoms with E-state index in [1.807, 2.05) is 0 Å². The second-order valence-electron chi connectivity index (χ2n) is 7.17. The molecule has 0 N–H and O–H groups in total. The summed E-state index contributed by atoms with van der Waals surface area (Å²) in [5.41, 5.74) is 0.585. The first-order valence-corrected chi connectivity index (χ1v) is 13.0. The number of rotatable bonds is 7. The minimum atomic E-state index is -0.409. The van der Waals surface area contributed by atoms with E-state index in [1.165, 1.54) is 27.4 Å². The topological polar surface area (TPSA) is 0 Å². The van der Waals surface area contributed by atoms with Gasteiger partial charge in [-0.3, -0.25) is 0 Å². The van der Waals surface area contributed by atoms with Gasteiger partial charge in [-0.2, -0.15) is 0 Å². The van der Waals surface area contributed by atoms with Crippen LogP contribution >= 0.6 is 28.3 Å². The first kappa shape index (κ1) is 25.8. The fourth-order valence-corrected chi connectivity index (χ4v) is 9.51. The van der Waals surface area contributed by atoms with Gasteiger partial charge in [0.2, 0.25) is 0 Å². The van der Waals surface area contributed by atoms with E-state index in [9.17, 15) is 0 Å². The molecule has 0 saturated carbocycles. The fraction of sp³-hybridized carbons (Fsp3) is 0.111. The van der Waals surface area contributed by atoms with Crippen molar-refractivity contribution in [1.82, 2.24) is 0 Å². The van der Waals surface area contributed by atoms with Crippen molar-refractivity contribution in [2.45, 2.75) is 12.6 Å². The predicted molar refractivity (Wildman–Crippen MR) is 140 cm³/mol. The van der Waals surface area contributed by atoms with Gasteiger partial charge in [0.25, 0.3) is 0 Å². The van der Waals surface area contributed by atoms with Gasteiger partial charge in [0, 0.05) is 16.5 Å². The Balaban J connectivity index is 0.00000171.